The first kappa shape index (κ1) is 14.0. The minimum Gasteiger partial charge on any atom is -0.480 e. The van der Waals surface area contributed by atoms with E-state index in [-0.39, 0.29) is 17.9 Å². The van der Waals surface area contributed by atoms with Gasteiger partial charge in [0.2, 0.25) is 5.91 Å². The Bertz CT molecular complexity index is 301. The Morgan fingerprint density at radius 1 is 1.53 bits per heavy atom. The van der Waals surface area contributed by atoms with Crippen LogP contribution in [0.15, 0.2) is 0 Å². The van der Waals surface area contributed by atoms with Gasteiger partial charge in [0.1, 0.15) is 5.54 Å². The number of nitrogens with one attached hydrogen (secondary N) is 1. The topological polar surface area (TPSA) is 75.6 Å². The molecule has 0 aliphatic heterocycles. The van der Waals surface area contributed by atoms with Crippen LogP contribution < -0.4 is 5.32 Å². The zero-order valence-electron chi connectivity index (χ0n) is 10.7. The Morgan fingerprint density at radius 2 is 2.12 bits per heavy atom. The summed E-state index contributed by atoms with van der Waals surface area (Å²) in [6, 6.07) is 0. The minimum absolute atomic E-state index is 0.0118. The summed E-state index contributed by atoms with van der Waals surface area (Å²) in [6.07, 6.45) is 2.65. The quantitative estimate of drug-likeness (QED) is 0.703. The first-order valence-electron chi connectivity index (χ1n) is 5.97. The van der Waals surface area contributed by atoms with Crippen LogP contribution in [0, 0.1) is 5.92 Å². The predicted octanol–water partition coefficient (Wildman–Crippen LogP) is 1.17. The average molecular weight is 243 g/mol. The summed E-state index contributed by atoms with van der Waals surface area (Å²) >= 11 is 0. The van der Waals surface area contributed by atoms with Crippen molar-refractivity contribution in [2.24, 2.45) is 5.92 Å². The van der Waals surface area contributed by atoms with Crippen molar-refractivity contribution >= 4 is 11.9 Å². The lowest BCUT2D eigenvalue weighted by atomic mass is 9.95. The van der Waals surface area contributed by atoms with Crippen molar-refractivity contribution in [1.29, 1.82) is 0 Å². The van der Waals surface area contributed by atoms with Crippen LogP contribution in [0.3, 0.4) is 0 Å². The van der Waals surface area contributed by atoms with Gasteiger partial charge in [-0.25, -0.2) is 4.79 Å². The van der Waals surface area contributed by atoms with E-state index >= 15 is 0 Å². The van der Waals surface area contributed by atoms with Crippen molar-refractivity contribution in [3.8, 4) is 0 Å². The van der Waals surface area contributed by atoms with Crippen molar-refractivity contribution < 1.29 is 19.4 Å². The fourth-order valence-electron chi connectivity index (χ4n) is 1.80. The highest BCUT2D eigenvalue weighted by molar-refractivity contribution is 5.87. The molecule has 2 atom stereocenters. The van der Waals surface area contributed by atoms with Gasteiger partial charge in [0.05, 0.1) is 6.10 Å². The van der Waals surface area contributed by atoms with Gasteiger partial charge in [0.15, 0.2) is 0 Å². The normalized spacial score (nSPS) is 20.4. The molecule has 17 heavy (non-hydrogen) atoms. The van der Waals surface area contributed by atoms with Crippen LogP contribution in [0.4, 0.5) is 0 Å². The molecule has 0 radical (unpaired) electrons. The number of rotatable bonds is 7. The smallest absolute Gasteiger partial charge is 0.329 e. The Labute approximate surface area is 102 Å². The largest absolute Gasteiger partial charge is 0.480 e. The minimum atomic E-state index is -1.10. The lowest BCUT2D eigenvalue weighted by Crippen LogP contribution is -2.54. The molecule has 5 nitrogen and oxygen atoms in total. The van der Waals surface area contributed by atoms with Gasteiger partial charge in [-0.3, -0.25) is 4.79 Å². The van der Waals surface area contributed by atoms with Crippen LogP contribution in [0.25, 0.3) is 0 Å². The van der Waals surface area contributed by atoms with E-state index in [2.05, 4.69) is 5.32 Å². The highest BCUT2D eigenvalue weighted by Crippen LogP contribution is 2.39. The first-order chi connectivity index (χ1) is 7.90. The van der Waals surface area contributed by atoms with Crippen molar-refractivity contribution in [2.75, 3.05) is 7.11 Å². The van der Waals surface area contributed by atoms with Gasteiger partial charge in [0, 0.05) is 13.5 Å². The van der Waals surface area contributed by atoms with Gasteiger partial charge in [0.25, 0.3) is 0 Å². The molecule has 1 rings (SSSR count). The van der Waals surface area contributed by atoms with E-state index in [9.17, 15) is 14.7 Å². The van der Waals surface area contributed by atoms with Gasteiger partial charge >= 0.3 is 5.97 Å². The van der Waals surface area contributed by atoms with Crippen LogP contribution in [0.5, 0.6) is 0 Å². The van der Waals surface area contributed by atoms with E-state index in [1.165, 1.54) is 0 Å². The number of hydrogen-bond donors (Lipinski definition) is 2. The van der Waals surface area contributed by atoms with Crippen molar-refractivity contribution in [3.63, 3.8) is 0 Å². The number of ether oxygens (including phenoxy) is 1. The second-order valence-corrected chi connectivity index (χ2v) is 4.91. The van der Waals surface area contributed by atoms with Gasteiger partial charge in [-0.2, -0.15) is 0 Å². The molecule has 0 bridgehead atoms. The summed E-state index contributed by atoms with van der Waals surface area (Å²) in [7, 11) is 1.59. The fraction of sp³-hybridized carbons (Fsp3) is 0.833. The number of amides is 1. The van der Waals surface area contributed by atoms with Crippen LogP contribution >= 0.6 is 0 Å². The third-order valence-electron chi connectivity index (χ3n) is 3.42. The highest BCUT2D eigenvalue weighted by atomic mass is 16.5. The molecule has 2 unspecified atom stereocenters. The molecular formula is C12H21NO4. The highest BCUT2D eigenvalue weighted by Gasteiger charge is 2.48. The summed E-state index contributed by atoms with van der Waals surface area (Å²) in [4.78, 5) is 22.9. The Hall–Kier alpha value is -1.10. The molecular weight excluding hydrogens is 222 g/mol. The molecule has 5 heteroatoms. The maximum atomic E-state index is 11.7. The molecule has 0 saturated heterocycles. The Morgan fingerprint density at radius 3 is 2.53 bits per heavy atom. The molecule has 0 aromatic rings. The average Bonchev–Trinajstić information content (AvgIpc) is 3.09. The van der Waals surface area contributed by atoms with Crippen LogP contribution in [-0.2, 0) is 14.3 Å². The number of aliphatic carboxylic acids is 1. The number of carbonyl (C=O) groups is 2. The van der Waals surface area contributed by atoms with Gasteiger partial charge < -0.3 is 15.2 Å². The molecule has 1 fully saturated rings. The maximum Gasteiger partial charge on any atom is 0.329 e. The monoisotopic (exact) mass is 243 g/mol. The molecule has 2 N–H and O–H groups in total. The van der Waals surface area contributed by atoms with E-state index in [1.54, 1.807) is 14.0 Å². The number of carboxylic acid groups (broad SMARTS) is 1. The SMILES string of the molecule is COC(C)CCC(=O)NC(C)(C(=O)O)C1CC1. The van der Waals surface area contributed by atoms with Crippen LogP contribution in [-0.4, -0.2) is 35.7 Å². The van der Waals surface area contributed by atoms with Crippen molar-refractivity contribution in [2.45, 2.75) is 51.2 Å². The lowest BCUT2D eigenvalue weighted by molar-refractivity contribution is -0.148. The molecule has 1 amide bonds. The summed E-state index contributed by atoms with van der Waals surface area (Å²) in [5.41, 5.74) is -1.10. The van der Waals surface area contributed by atoms with Gasteiger partial charge in [-0.15, -0.1) is 0 Å². The second kappa shape index (κ2) is 5.49. The number of carboxylic acids is 1. The van der Waals surface area contributed by atoms with Crippen molar-refractivity contribution in [1.82, 2.24) is 5.32 Å². The maximum absolute atomic E-state index is 11.7. The summed E-state index contributed by atoms with van der Waals surface area (Å²) < 4.78 is 5.04. The molecule has 0 spiro atoms. The first-order valence-corrected chi connectivity index (χ1v) is 5.97. The Balaban J connectivity index is 2.45. The molecule has 0 heterocycles. The third kappa shape index (κ3) is 3.70. The predicted molar refractivity (Wildman–Crippen MR) is 62.6 cm³/mol. The Kier molecular flexibility index (Phi) is 4.51. The molecule has 0 aromatic heterocycles. The number of methoxy groups -OCH3 is 1. The van der Waals surface area contributed by atoms with Crippen LogP contribution in [0.1, 0.15) is 39.5 Å². The third-order valence-corrected chi connectivity index (χ3v) is 3.42. The number of carbonyl (C=O) groups excluding carboxylic acids is 1. The van der Waals surface area contributed by atoms with E-state index in [0.717, 1.165) is 12.8 Å². The lowest BCUT2D eigenvalue weighted by Gasteiger charge is -2.26. The summed E-state index contributed by atoms with van der Waals surface area (Å²) in [6.45, 7) is 3.47. The zero-order chi connectivity index (χ0) is 13.1. The van der Waals surface area contributed by atoms with E-state index < -0.39 is 11.5 Å². The molecule has 1 aliphatic carbocycles. The van der Waals surface area contributed by atoms with E-state index in [0.29, 0.717) is 12.8 Å². The van der Waals surface area contributed by atoms with E-state index in [1.807, 2.05) is 6.92 Å². The van der Waals surface area contributed by atoms with Crippen LogP contribution in [0.2, 0.25) is 0 Å². The van der Waals surface area contributed by atoms with E-state index in [4.69, 9.17) is 4.74 Å². The zero-order valence-corrected chi connectivity index (χ0v) is 10.7. The molecule has 98 valence electrons. The van der Waals surface area contributed by atoms with Gasteiger partial charge in [-0.05, 0) is 39.0 Å². The standard InChI is InChI=1S/C12H21NO4/c1-8(17-3)4-7-10(14)13-12(2,11(15)16)9-5-6-9/h8-9H,4-7H2,1-3H3,(H,13,14)(H,15,16). The fourth-order valence-corrected chi connectivity index (χ4v) is 1.80. The number of hydrogen-bond acceptors (Lipinski definition) is 3. The van der Waals surface area contributed by atoms with Crippen molar-refractivity contribution in [3.05, 3.63) is 0 Å². The molecule has 1 saturated carbocycles. The van der Waals surface area contributed by atoms with Gasteiger partial charge in [-0.1, -0.05) is 0 Å². The summed E-state index contributed by atoms with van der Waals surface area (Å²) in [5, 5.41) is 11.8. The molecule has 1 aliphatic rings. The molecule has 0 aromatic carbocycles. The second-order valence-electron chi connectivity index (χ2n) is 4.91. The summed E-state index contributed by atoms with van der Waals surface area (Å²) in [5.74, 6) is -1.09.